The maximum Gasteiger partial charge on any atom is 0.317 e. The molecule has 10 aliphatic rings. The van der Waals surface area contributed by atoms with Gasteiger partial charge in [-0.1, -0.05) is 46.3 Å². The zero-order chi connectivity index (χ0) is 64.3. The summed E-state index contributed by atoms with van der Waals surface area (Å²) >= 11 is 0. The molecular weight excluding hydrogens is 1170 g/mol. The van der Waals surface area contributed by atoms with Gasteiger partial charge in [0.25, 0.3) is 0 Å². The lowest BCUT2D eigenvalue weighted by atomic mass is 9.33. The van der Waals surface area contributed by atoms with Gasteiger partial charge >= 0.3 is 11.9 Å². The number of methoxy groups -OCH3 is 2. The third kappa shape index (κ3) is 10.8. The summed E-state index contributed by atoms with van der Waals surface area (Å²) in [6.45, 7) is 7.94. The number of allylic oxidation sites excluding steroid dienone is 2. The molecule has 0 unspecified atom stereocenters. The van der Waals surface area contributed by atoms with Crippen LogP contribution >= 0.6 is 0 Å². The maximum atomic E-state index is 15.5. The molecule has 15 N–H and O–H groups in total. The molecule has 0 aromatic heterocycles. The summed E-state index contributed by atoms with van der Waals surface area (Å²) in [5, 5.41) is 165. The second-order valence-corrected chi connectivity index (χ2v) is 28.2. The van der Waals surface area contributed by atoms with Gasteiger partial charge in [-0.25, -0.2) is 0 Å². The van der Waals surface area contributed by atoms with E-state index in [2.05, 4.69) is 40.7 Å². The zero-order valence-electron chi connectivity index (χ0n) is 50.9. The van der Waals surface area contributed by atoms with Crippen molar-refractivity contribution >= 4 is 11.9 Å². The third-order valence-corrected chi connectivity index (χ3v) is 23.0. The van der Waals surface area contributed by atoms with E-state index in [1.165, 1.54) is 21.1 Å². The molecule has 0 radical (unpaired) electrons. The summed E-state index contributed by atoms with van der Waals surface area (Å²) in [4.78, 5) is 30.1. The summed E-state index contributed by atoms with van der Waals surface area (Å²) < 4.78 is 70.6. The smallest absolute Gasteiger partial charge is 0.317 e. The first kappa shape index (κ1) is 68.5. The standard InChI is InChI=1S/C59H94O29/c1-24-41(84-46-40(72)42(28(64)20-79-46)85-50-44(73)57(76,21-61)23-81-50)37(69)39(71)47(82-24)86-43-34(66)27(63)19-80-49(43)88-52(75)58-14-13-53(2,3)15-26(58)25-9-10-31-54(4)16-29(77-7)45(87-48-38(70)36(68)35(67)30(18-60)83-48)59(22-62,51(74)78-8)32(54)11-12-55(31,5)56(25,6)17-33(58)65/h9,24,26-50,60-73,76H,10-23H2,1-8H3/t24-,26+,27-,28+,29-,30+,31+,32-,33+,34-,35+,36-,37-,38+,39+,40+,41-,42-,43+,44-,45+,46-,47-,48-,49-,50-,54-,55+,56+,57+,58+,59+/m0/s1. The van der Waals surface area contributed by atoms with Crippen LogP contribution in [-0.2, 0) is 66.4 Å². The van der Waals surface area contributed by atoms with Gasteiger partial charge in [0.1, 0.15) is 102 Å². The van der Waals surface area contributed by atoms with Gasteiger partial charge in [-0.15, -0.1) is 0 Å². The van der Waals surface area contributed by atoms with Crippen LogP contribution in [0.5, 0.6) is 0 Å². The Labute approximate surface area is 509 Å². The average molecular weight is 1270 g/mol. The van der Waals surface area contributed by atoms with Gasteiger partial charge in [0.2, 0.25) is 6.29 Å². The van der Waals surface area contributed by atoms with Gasteiger partial charge in [-0.05, 0) is 97.7 Å². The molecule has 0 amide bonds. The molecule has 88 heavy (non-hydrogen) atoms. The Balaban J connectivity index is 0.884. The first-order chi connectivity index (χ1) is 41.3. The van der Waals surface area contributed by atoms with Crippen LogP contribution in [0.1, 0.15) is 92.9 Å². The Bertz CT molecular complexity index is 2510. The van der Waals surface area contributed by atoms with Crippen LogP contribution in [0.4, 0.5) is 0 Å². The summed E-state index contributed by atoms with van der Waals surface area (Å²) in [5.74, 6) is -3.27. The van der Waals surface area contributed by atoms with Crippen molar-refractivity contribution in [3.63, 3.8) is 0 Å². The molecule has 29 heteroatoms. The van der Waals surface area contributed by atoms with Crippen molar-refractivity contribution in [2.45, 2.75) is 240 Å². The molecule has 32 atom stereocenters. The first-order valence-corrected chi connectivity index (χ1v) is 30.7. The van der Waals surface area contributed by atoms with E-state index < -0.39 is 237 Å². The fraction of sp³-hybridized carbons (Fsp3) is 0.932. The molecular formula is C59H94O29. The summed E-state index contributed by atoms with van der Waals surface area (Å²) in [5.41, 5.74) is -7.31. The lowest BCUT2D eigenvalue weighted by Gasteiger charge is -2.72. The summed E-state index contributed by atoms with van der Waals surface area (Å²) in [6, 6.07) is 0. The topological polar surface area (TPSA) is 448 Å². The van der Waals surface area contributed by atoms with E-state index in [-0.39, 0.29) is 30.6 Å². The molecule has 0 aromatic carbocycles. The molecule has 29 nitrogen and oxygen atoms in total. The van der Waals surface area contributed by atoms with Crippen LogP contribution < -0.4 is 0 Å². The number of esters is 2. The molecule has 5 saturated heterocycles. The van der Waals surface area contributed by atoms with Gasteiger partial charge in [-0.2, -0.15) is 0 Å². The fourth-order valence-corrected chi connectivity index (χ4v) is 17.7. The molecule has 5 aliphatic carbocycles. The Morgan fingerprint density at radius 2 is 1.27 bits per heavy atom. The minimum atomic E-state index is -2.08. The van der Waals surface area contributed by atoms with Gasteiger partial charge in [-0.3, -0.25) is 9.59 Å². The van der Waals surface area contributed by atoms with E-state index in [4.69, 9.17) is 56.8 Å². The Morgan fingerprint density at radius 3 is 1.92 bits per heavy atom. The lowest BCUT2D eigenvalue weighted by molar-refractivity contribution is -0.372. The predicted molar refractivity (Wildman–Crippen MR) is 291 cm³/mol. The molecule has 0 spiro atoms. The second-order valence-electron chi connectivity index (χ2n) is 28.2. The number of hydrogen-bond acceptors (Lipinski definition) is 29. The van der Waals surface area contributed by atoms with Crippen LogP contribution in [0, 0.1) is 50.2 Å². The molecule has 10 rings (SSSR count). The van der Waals surface area contributed by atoms with Crippen molar-refractivity contribution < 1.29 is 143 Å². The number of aliphatic hydroxyl groups is 15. The first-order valence-electron chi connectivity index (χ1n) is 30.7. The highest BCUT2D eigenvalue weighted by molar-refractivity contribution is 5.80. The van der Waals surface area contributed by atoms with Crippen LogP contribution in [0.2, 0.25) is 0 Å². The highest BCUT2D eigenvalue weighted by Gasteiger charge is 2.75. The van der Waals surface area contributed by atoms with E-state index >= 15 is 4.79 Å². The monoisotopic (exact) mass is 1270 g/mol. The van der Waals surface area contributed by atoms with Gasteiger partial charge < -0.3 is 133 Å². The van der Waals surface area contributed by atoms with E-state index in [0.29, 0.717) is 32.1 Å². The highest BCUT2D eigenvalue weighted by Crippen LogP contribution is 2.76. The highest BCUT2D eigenvalue weighted by atomic mass is 16.8. The van der Waals surface area contributed by atoms with E-state index in [9.17, 15) is 81.4 Å². The number of aliphatic hydroxyl groups excluding tert-OH is 14. The molecule has 5 aliphatic heterocycles. The van der Waals surface area contributed by atoms with E-state index in [1.807, 2.05) is 0 Å². The number of ether oxygens (including phenoxy) is 12. The molecule has 0 aromatic rings. The number of carbonyl (C=O) groups excluding carboxylic acids is 2. The predicted octanol–water partition coefficient (Wildman–Crippen LogP) is -4.54. The van der Waals surface area contributed by atoms with Crippen LogP contribution in [0.25, 0.3) is 0 Å². The Kier molecular flexibility index (Phi) is 19.6. The fourth-order valence-electron chi connectivity index (χ4n) is 17.7. The Hall–Kier alpha value is -2.32. The van der Waals surface area contributed by atoms with Crippen LogP contribution in [0.15, 0.2) is 11.6 Å². The minimum absolute atomic E-state index is 0.0649. The molecule has 4 saturated carbocycles. The van der Waals surface area contributed by atoms with Gasteiger partial charge in [0.05, 0.1) is 65.1 Å². The zero-order valence-corrected chi connectivity index (χ0v) is 50.9. The Morgan fingerprint density at radius 1 is 0.625 bits per heavy atom. The number of fused-ring (bicyclic) bond motifs is 7. The van der Waals surface area contributed by atoms with Crippen molar-refractivity contribution in [3.05, 3.63) is 11.6 Å². The maximum absolute atomic E-state index is 15.5. The van der Waals surface area contributed by atoms with Crippen LogP contribution in [-0.4, -0.2) is 289 Å². The second kappa shape index (κ2) is 25.1. The molecule has 5 heterocycles. The summed E-state index contributed by atoms with van der Waals surface area (Å²) in [6.07, 6.45) is -32.7. The van der Waals surface area contributed by atoms with Gasteiger partial charge in [0.15, 0.2) is 31.3 Å². The van der Waals surface area contributed by atoms with E-state index in [0.717, 1.165) is 5.57 Å². The van der Waals surface area contributed by atoms with E-state index in [1.54, 1.807) is 0 Å². The normalized spacial score (nSPS) is 53.6. The van der Waals surface area contributed by atoms with Crippen molar-refractivity contribution in [1.82, 2.24) is 0 Å². The lowest BCUT2D eigenvalue weighted by Crippen LogP contribution is -2.72. The van der Waals surface area contributed by atoms with Crippen molar-refractivity contribution in [1.29, 1.82) is 0 Å². The quantitative estimate of drug-likeness (QED) is 0.0417. The van der Waals surface area contributed by atoms with Crippen molar-refractivity contribution in [2.75, 3.05) is 53.9 Å². The largest absolute Gasteiger partial charge is 0.468 e. The third-order valence-electron chi connectivity index (χ3n) is 23.0. The molecule has 0 bridgehead atoms. The minimum Gasteiger partial charge on any atom is -0.468 e. The van der Waals surface area contributed by atoms with Crippen molar-refractivity contribution in [3.8, 4) is 0 Å². The molecule has 504 valence electrons. The van der Waals surface area contributed by atoms with Crippen LogP contribution in [0.3, 0.4) is 0 Å². The van der Waals surface area contributed by atoms with Gasteiger partial charge in [0, 0.05) is 7.11 Å². The van der Waals surface area contributed by atoms with Crippen molar-refractivity contribution in [2.24, 2.45) is 50.2 Å². The SMILES string of the molecule is COC(=O)[C@@]1(CO)[C@H](O[C@@H]2O[C@H](CO)[C@@H](O)[C@H](O)[C@H]2O)[C@@H](OC)C[C@@]2(C)[C@H]3CC=C4[C@H]5CC(C)(C)CC[C@]5(C(=O)O[C@@H]5OC[C@H](O)[C@H](O)[C@H]5O[C@@H]5O[C@@H](C)[C@H](O[C@@H]6OC[C@@H](O)[C@H](O[C@@H]7OC[C@](O)(CO)[C@H]7O)[C@H]6O)[C@@H](O)[C@H]5O)[C@H](O)C[C@@]4(C)[C@]3(C)CC[C@@H]21. The summed E-state index contributed by atoms with van der Waals surface area (Å²) in [7, 11) is 2.62. The molecule has 9 fully saturated rings. The average Bonchev–Trinajstić information content (AvgIpc) is 0.699. The number of rotatable bonds is 15. The number of hydrogen-bond donors (Lipinski definition) is 15. The number of carbonyl (C=O) groups is 2.